The molecule has 0 atom stereocenters. The Morgan fingerprint density at radius 3 is 3.00 bits per heavy atom. The Bertz CT molecular complexity index is 325. The highest BCUT2D eigenvalue weighted by Crippen LogP contribution is 2.06. The summed E-state index contributed by atoms with van der Waals surface area (Å²) in [5.74, 6) is 0.465. The highest BCUT2D eigenvalue weighted by molar-refractivity contribution is 5.89. The number of pyridine rings is 1. The zero-order valence-electron chi connectivity index (χ0n) is 9.40. The van der Waals surface area contributed by atoms with E-state index in [-0.39, 0.29) is 5.91 Å². The van der Waals surface area contributed by atoms with Gasteiger partial charge >= 0.3 is 0 Å². The third-order valence-corrected chi connectivity index (χ3v) is 1.95. The van der Waals surface area contributed by atoms with E-state index in [1.54, 1.807) is 12.1 Å². The SMILES string of the molecule is CCOCCCC(=O)Nc1ccc(N)cn1. The van der Waals surface area contributed by atoms with Gasteiger partial charge in [-0.2, -0.15) is 0 Å². The van der Waals surface area contributed by atoms with Crippen molar-refractivity contribution >= 4 is 17.4 Å². The third kappa shape index (κ3) is 4.75. The Morgan fingerprint density at radius 2 is 2.38 bits per heavy atom. The van der Waals surface area contributed by atoms with E-state index in [0.717, 1.165) is 0 Å². The number of carbonyl (C=O) groups excluding carboxylic acids is 1. The molecule has 5 heteroatoms. The molecule has 0 unspecified atom stereocenters. The molecule has 0 radical (unpaired) electrons. The summed E-state index contributed by atoms with van der Waals surface area (Å²) in [6.07, 6.45) is 2.66. The van der Waals surface area contributed by atoms with E-state index < -0.39 is 0 Å². The number of ether oxygens (including phenoxy) is 1. The maximum atomic E-state index is 11.4. The van der Waals surface area contributed by atoms with Crippen LogP contribution in [0.15, 0.2) is 18.3 Å². The van der Waals surface area contributed by atoms with Gasteiger partial charge < -0.3 is 15.8 Å². The van der Waals surface area contributed by atoms with Gasteiger partial charge in [0.25, 0.3) is 0 Å². The second-order valence-electron chi connectivity index (χ2n) is 3.33. The van der Waals surface area contributed by atoms with Crippen LogP contribution in [-0.2, 0) is 9.53 Å². The molecular weight excluding hydrogens is 206 g/mol. The van der Waals surface area contributed by atoms with E-state index in [0.29, 0.717) is 37.6 Å². The first-order valence-corrected chi connectivity index (χ1v) is 5.31. The van der Waals surface area contributed by atoms with Gasteiger partial charge in [-0.3, -0.25) is 4.79 Å². The summed E-state index contributed by atoms with van der Waals surface area (Å²) in [5, 5.41) is 2.68. The van der Waals surface area contributed by atoms with Gasteiger partial charge in [-0.1, -0.05) is 0 Å². The molecule has 1 aromatic heterocycles. The van der Waals surface area contributed by atoms with Gasteiger partial charge in [-0.15, -0.1) is 0 Å². The quantitative estimate of drug-likeness (QED) is 0.715. The fraction of sp³-hybridized carbons (Fsp3) is 0.455. The molecule has 0 spiro atoms. The van der Waals surface area contributed by atoms with Crippen molar-refractivity contribution in [1.29, 1.82) is 0 Å². The van der Waals surface area contributed by atoms with Gasteiger partial charge in [-0.25, -0.2) is 4.98 Å². The predicted molar refractivity (Wildman–Crippen MR) is 63.0 cm³/mol. The lowest BCUT2D eigenvalue weighted by molar-refractivity contribution is -0.116. The number of hydrogen-bond donors (Lipinski definition) is 2. The number of nitrogens with two attached hydrogens (primary N) is 1. The average Bonchev–Trinajstić information content (AvgIpc) is 2.28. The number of rotatable bonds is 6. The second kappa shape index (κ2) is 6.79. The summed E-state index contributed by atoms with van der Waals surface area (Å²) in [7, 11) is 0. The Kier molecular flexibility index (Phi) is 5.28. The van der Waals surface area contributed by atoms with Crippen LogP contribution >= 0.6 is 0 Å². The number of anilines is 2. The summed E-state index contributed by atoms with van der Waals surface area (Å²) >= 11 is 0. The third-order valence-electron chi connectivity index (χ3n) is 1.95. The first kappa shape index (κ1) is 12.4. The molecule has 16 heavy (non-hydrogen) atoms. The Hall–Kier alpha value is -1.62. The highest BCUT2D eigenvalue weighted by atomic mass is 16.5. The maximum absolute atomic E-state index is 11.4. The van der Waals surface area contributed by atoms with Crippen molar-refractivity contribution in [2.24, 2.45) is 0 Å². The topological polar surface area (TPSA) is 77.2 Å². The van der Waals surface area contributed by atoms with Crippen molar-refractivity contribution < 1.29 is 9.53 Å². The number of nitrogens with one attached hydrogen (secondary N) is 1. The fourth-order valence-corrected chi connectivity index (χ4v) is 1.16. The van der Waals surface area contributed by atoms with Crippen molar-refractivity contribution in [2.45, 2.75) is 19.8 Å². The van der Waals surface area contributed by atoms with E-state index in [4.69, 9.17) is 10.5 Å². The van der Waals surface area contributed by atoms with Crippen LogP contribution in [0.3, 0.4) is 0 Å². The highest BCUT2D eigenvalue weighted by Gasteiger charge is 2.02. The first-order valence-electron chi connectivity index (χ1n) is 5.31. The lowest BCUT2D eigenvalue weighted by atomic mass is 10.3. The van der Waals surface area contributed by atoms with E-state index in [2.05, 4.69) is 10.3 Å². The molecule has 1 rings (SSSR count). The summed E-state index contributed by atoms with van der Waals surface area (Å²) in [6.45, 7) is 3.22. The molecule has 0 fully saturated rings. The fourth-order valence-electron chi connectivity index (χ4n) is 1.16. The van der Waals surface area contributed by atoms with Gasteiger partial charge in [0.2, 0.25) is 5.91 Å². The average molecular weight is 223 g/mol. The molecule has 1 heterocycles. The van der Waals surface area contributed by atoms with Crippen LogP contribution in [0.1, 0.15) is 19.8 Å². The standard InChI is InChI=1S/C11H17N3O2/c1-2-16-7-3-4-11(15)14-10-6-5-9(12)8-13-10/h5-6,8H,2-4,7,12H2,1H3,(H,13,14,15). The van der Waals surface area contributed by atoms with Crippen molar-refractivity contribution in [3.63, 3.8) is 0 Å². The molecule has 0 aliphatic rings. The van der Waals surface area contributed by atoms with Gasteiger partial charge in [0.1, 0.15) is 5.82 Å². The van der Waals surface area contributed by atoms with Crippen molar-refractivity contribution in [2.75, 3.05) is 24.3 Å². The van der Waals surface area contributed by atoms with Gasteiger partial charge in [0.05, 0.1) is 11.9 Å². The van der Waals surface area contributed by atoms with E-state index in [1.165, 1.54) is 6.20 Å². The summed E-state index contributed by atoms with van der Waals surface area (Å²) < 4.78 is 5.14. The van der Waals surface area contributed by atoms with Gasteiger partial charge in [0.15, 0.2) is 0 Å². The van der Waals surface area contributed by atoms with Gasteiger partial charge in [0, 0.05) is 19.6 Å². The Labute approximate surface area is 95.0 Å². The molecule has 1 amide bonds. The molecule has 0 aliphatic carbocycles. The van der Waals surface area contributed by atoms with Crippen LogP contribution in [0.4, 0.5) is 11.5 Å². The smallest absolute Gasteiger partial charge is 0.225 e. The first-order chi connectivity index (χ1) is 7.72. The number of nitrogen functional groups attached to an aromatic ring is 1. The van der Waals surface area contributed by atoms with E-state index in [1.807, 2.05) is 6.92 Å². The summed E-state index contributed by atoms with van der Waals surface area (Å²) in [5.41, 5.74) is 6.06. The molecular formula is C11H17N3O2. The molecule has 0 saturated heterocycles. The van der Waals surface area contributed by atoms with Crippen LogP contribution in [0.2, 0.25) is 0 Å². The van der Waals surface area contributed by atoms with Crippen LogP contribution in [0.5, 0.6) is 0 Å². The molecule has 1 aromatic rings. The summed E-state index contributed by atoms with van der Waals surface area (Å²) in [6, 6.07) is 3.37. The molecule has 88 valence electrons. The zero-order chi connectivity index (χ0) is 11.8. The second-order valence-corrected chi connectivity index (χ2v) is 3.33. The zero-order valence-corrected chi connectivity index (χ0v) is 9.40. The predicted octanol–water partition coefficient (Wildman–Crippen LogP) is 1.42. The number of nitrogens with zero attached hydrogens (tertiary/aromatic N) is 1. The number of carbonyl (C=O) groups is 1. The lowest BCUT2D eigenvalue weighted by Crippen LogP contribution is -2.13. The number of hydrogen-bond acceptors (Lipinski definition) is 4. The minimum absolute atomic E-state index is 0.0584. The molecule has 0 saturated carbocycles. The van der Waals surface area contributed by atoms with Crippen LogP contribution in [0, 0.1) is 0 Å². The van der Waals surface area contributed by atoms with Crippen LogP contribution in [0.25, 0.3) is 0 Å². The van der Waals surface area contributed by atoms with E-state index in [9.17, 15) is 4.79 Å². The molecule has 5 nitrogen and oxygen atoms in total. The molecule has 0 aliphatic heterocycles. The monoisotopic (exact) mass is 223 g/mol. The number of amides is 1. The molecule has 0 aromatic carbocycles. The summed E-state index contributed by atoms with van der Waals surface area (Å²) in [4.78, 5) is 15.4. The van der Waals surface area contributed by atoms with E-state index >= 15 is 0 Å². The normalized spacial score (nSPS) is 10.1. The maximum Gasteiger partial charge on any atom is 0.225 e. The Morgan fingerprint density at radius 1 is 1.56 bits per heavy atom. The largest absolute Gasteiger partial charge is 0.397 e. The van der Waals surface area contributed by atoms with Crippen molar-refractivity contribution in [3.05, 3.63) is 18.3 Å². The van der Waals surface area contributed by atoms with Crippen molar-refractivity contribution in [3.8, 4) is 0 Å². The molecule has 0 bridgehead atoms. The minimum atomic E-state index is -0.0584. The van der Waals surface area contributed by atoms with Crippen LogP contribution in [-0.4, -0.2) is 24.1 Å². The number of aromatic nitrogens is 1. The minimum Gasteiger partial charge on any atom is -0.397 e. The van der Waals surface area contributed by atoms with Crippen LogP contribution < -0.4 is 11.1 Å². The lowest BCUT2D eigenvalue weighted by Gasteiger charge is -2.04. The Balaban J connectivity index is 2.26. The van der Waals surface area contributed by atoms with Gasteiger partial charge in [-0.05, 0) is 25.5 Å². The molecule has 3 N–H and O–H groups in total. The van der Waals surface area contributed by atoms with Crippen molar-refractivity contribution in [1.82, 2.24) is 4.98 Å².